The van der Waals surface area contributed by atoms with Crippen molar-refractivity contribution < 1.29 is 14.6 Å². The van der Waals surface area contributed by atoms with E-state index in [9.17, 15) is 9.90 Å². The van der Waals surface area contributed by atoms with E-state index in [1.165, 1.54) is 0 Å². The summed E-state index contributed by atoms with van der Waals surface area (Å²) in [7, 11) is 0. The van der Waals surface area contributed by atoms with Crippen molar-refractivity contribution in [3.63, 3.8) is 0 Å². The maximum Gasteiger partial charge on any atom is 0.254 e. The average molecular weight is 328 g/mol. The van der Waals surface area contributed by atoms with Crippen LogP contribution in [-0.2, 0) is 4.74 Å². The Morgan fingerprint density at radius 1 is 1.58 bits per heavy atom. The van der Waals surface area contributed by atoms with Crippen LogP contribution in [0.25, 0.3) is 0 Å². The summed E-state index contributed by atoms with van der Waals surface area (Å²) in [5, 5.41) is 10.2. The molecule has 1 amide bonds. The first kappa shape index (κ1) is 14.3. The fourth-order valence-electron chi connectivity index (χ4n) is 2.15. The summed E-state index contributed by atoms with van der Waals surface area (Å²) in [5.74, 6) is 0.203. The Balaban J connectivity index is 2.19. The molecule has 0 spiro atoms. The zero-order valence-corrected chi connectivity index (χ0v) is 12.7. The minimum Gasteiger partial charge on any atom is -0.508 e. The van der Waals surface area contributed by atoms with E-state index in [1.807, 2.05) is 11.8 Å². The molecule has 1 N–H and O–H groups in total. The molecule has 0 saturated carbocycles. The second-order valence-corrected chi connectivity index (χ2v) is 5.56. The molecule has 4 nitrogen and oxygen atoms in total. The van der Waals surface area contributed by atoms with Crippen molar-refractivity contribution in [1.82, 2.24) is 4.90 Å². The lowest BCUT2D eigenvalue weighted by Gasteiger charge is -2.37. The lowest BCUT2D eigenvalue weighted by molar-refractivity contribution is -0.0361. The molecule has 1 aromatic rings. The molecular formula is C14H18BrNO3. The van der Waals surface area contributed by atoms with Gasteiger partial charge in [0, 0.05) is 17.4 Å². The lowest BCUT2D eigenvalue weighted by Crippen LogP contribution is -2.51. The van der Waals surface area contributed by atoms with Crippen LogP contribution in [0.2, 0.25) is 0 Å². The van der Waals surface area contributed by atoms with Gasteiger partial charge in [-0.15, -0.1) is 0 Å². The van der Waals surface area contributed by atoms with Crippen molar-refractivity contribution in [1.29, 1.82) is 0 Å². The molecule has 1 fully saturated rings. The summed E-state index contributed by atoms with van der Waals surface area (Å²) in [6, 6.07) is 5.02. The van der Waals surface area contributed by atoms with Crippen molar-refractivity contribution in [2.75, 3.05) is 18.5 Å². The number of phenols is 1. The quantitative estimate of drug-likeness (QED) is 0.848. The molecule has 1 aliphatic heterocycles. The number of ether oxygens (including phenoxy) is 1. The molecular weight excluding hydrogens is 310 g/mol. The van der Waals surface area contributed by atoms with E-state index in [2.05, 4.69) is 15.9 Å². The normalized spacial score (nSPS) is 23.4. The topological polar surface area (TPSA) is 49.8 Å². The van der Waals surface area contributed by atoms with Gasteiger partial charge in [0.05, 0.1) is 18.8 Å². The van der Waals surface area contributed by atoms with Crippen LogP contribution in [-0.4, -0.2) is 46.5 Å². The molecule has 2 unspecified atom stereocenters. The Bertz CT molecular complexity index is 478. The highest BCUT2D eigenvalue weighted by atomic mass is 79.9. The smallest absolute Gasteiger partial charge is 0.254 e. The van der Waals surface area contributed by atoms with Gasteiger partial charge in [0.2, 0.25) is 0 Å². The molecule has 1 heterocycles. The molecule has 1 saturated heterocycles. The minimum absolute atomic E-state index is 0.00940. The van der Waals surface area contributed by atoms with Crippen LogP contribution in [0, 0.1) is 6.92 Å². The standard InChI is InChI=1S/C14H18BrNO3/c1-9-5-11(3-4-13(9)17)14(18)16-7-12(6-15)19-8-10(16)2/h3-5,10,12,17H,6-8H2,1-2H3. The molecule has 0 aromatic heterocycles. The first-order chi connectivity index (χ1) is 9.02. The van der Waals surface area contributed by atoms with Crippen LogP contribution in [0.3, 0.4) is 0 Å². The molecule has 0 radical (unpaired) electrons. The van der Waals surface area contributed by atoms with Gasteiger partial charge in [0.25, 0.3) is 5.91 Å². The second-order valence-electron chi connectivity index (χ2n) is 4.92. The van der Waals surface area contributed by atoms with E-state index in [1.54, 1.807) is 25.1 Å². The number of alkyl halides is 1. The summed E-state index contributed by atoms with van der Waals surface area (Å²) in [4.78, 5) is 14.3. The van der Waals surface area contributed by atoms with Gasteiger partial charge in [-0.25, -0.2) is 0 Å². The van der Waals surface area contributed by atoms with Gasteiger partial charge in [-0.3, -0.25) is 4.79 Å². The van der Waals surface area contributed by atoms with E-state index >= 15 is 0 Å². The molecule has 2 atom stereocenters. The van der Waals surface area contributed by atoms with E-state index in [4.69, 9.17) is 4.74 Å². The number of amides is 1. The molecule has 0 bridgehead atoms. The molecule has 2 rings (SSSR count). The number of aryl methyl sites for hydroxylation is 1. The minimum atomic E-state index is -0.00940. The Kier molecular flexibility index (Phi) is 4.47. The third-order valence-corrected chi connectivity index (χ3v) is 4.10. The van der Waals surface area contributed by atoms with Gasteiger partial charge in [0.15, 0.2) is 0 Å². The average Bonchev–Trinajstić information content (AvgIpc) is 2.41. The van der Waals surface area contributed by atoms with Crippen molar-refractivity contribution in [3.8, 4) is 5.75 Å². The molecule has 1 aromatic carbocycles. The van der Waals surface area contributed by atoms with E-state index < -0.39 is 0 Å². The SMILES string of the molecule is Cc1cc(C(=O)N2CC(CBr)OCC2C)ccc1O. The van der Waals surface area contributed by atoms with Crippen LogP contribution >= 0.6 is 15.9 Å². The lowest BCUT2D eigenvalue weighted by atomic mass is 10.1. The number of nitrogens with zero attached hydrogens (tertiary/aromatic N) is 1. The van der Waals surface area contributed by atoms with Gasteiger partial charge in [-0.05, 0) is 37.6 Å². The number of aromatic hydroxyl groups is 1. The van der Waals surface area contributed by atoms with Gasteiger partial charge in [-0.2, -0.15) is 0 Å². The van der Waals surface area contributed by atoms with Crippen LogP contribution < -0.4 is 0 Å². The fourth-order valence-corrected chi connectivity index (χ4v) is 2.54. The highest BCUT2D eigenvalue weighted by Gasteiger charge is 2.29. The Morgan fingerprint density at radius 2 is 2.32 bits per heavy atom. The summed E-state index contributed by atoms with van der Waals surface area (Å²) in [6.07, 6.45) is 0.0401. The Morgan fingerprint density at radius 3 is 2.95 bits per heavy atom. The third kappa shape index (κ3) is 3.09. The second kappa shape index (κ2) is 5.92. The van der Waals surface area contributed by atoms with Crippen molar-refractivity contribution in [2.45, 2.75) is 26.0 Å². The highest BCUT2D eigenvalue weighted by Crippen LogP contribution is 2.21. The number of morpholine rings is 1. The molecule has 1 aliphatic rings. The fraction of sp³-hybridized carbons (Fsp3) is 0.500. The van der Waals surface area contributed by atoms with E-state index in [-0.39, 0.29) is 23.8 Å². The van der Waals surface area contributed by atoms with E-state index in [0.29, 0.717) is 24.3 Å². The maximum absolute atomic E-state index is 12.5. The highest BCUT2D eigenvalue weighted by molar-refractivity contribution is 9.09. The third-order valence-electron chi connectivity index (χ3n) is 3.38. The Labute approximate surface area is 121 Å². The predicted octanol–water partition coefficient (Wildman–Crippen LogP) is 2.33. The first-order valence-corrected chi connectivity index (χ1v) is 7.43. The number of halogens is 1. The number of benzene rings is 1. The summed E-state index contributed by atoms with van der Waals surface area (Å²) in [5.41, 5.74) is 1.32. The molecule has 5 heteroatoms. The summed E-state index contributed by atoms with van der Waals surface area (Å²) < 4.78 is 5.62. The van der Waals surface area contributed by atoms with Crippen LogP contribution in [0.5, 0.6) is 5.75 Å². The number of carbonyl (C=O) groups is 1. The van der Waals surface area contributed by atoms with Gasteiger partial charge >= 0.3 is 0 Å². The Hall–Kier alpha value is -1.07. The van der Waals surface area contributed by atoms with Crippen LogP contribution in [0.1, 0.15) is 22.8 Å². The monoisotopic (exact) mass is 327 g/mol. The number of rotatable bonds is 2. The largest absolute Gasteiger partial charge is 0.508 e. The van der Waals surface area contributed by atoms with Crippen molar-refractivity contribution >= 4 is 21.8 Å². The number of hydrogen-bond acceptors (Lipinski definition) is 3. The van der Waals surface area contributed by atoms with Gasteiger partial charge in [0.1, 0.15) is 5.75 Å². The molecule has 0 aliphatic carbocycles. The molecule has 104 valence electrons. The number of hydrogen-bond donors (Lipinski definition) is 1. The van der Waals surface area contributed by atoms with Crippen LogP contribution in [0.4, 0.5) is 0 Å². The van der Waals surface area contributed by atoms with Crippen molar-refractivity contribution in [3.05, 3.63) is 29.3 Å². The zero-order chi connectivity index (χ0) is 14.0. The molecule has 19 heavy (non-hydrogen) atoms. The van der Waals surface area contributed by atoms with E-state index in [0.717, 1.165) is 5.33 Å². The number of phenolic OH excluding ortho intramolecular Hbond substituents is 1. The van der Waals surface area contributed by atoms with Gasteiger partial charge < -0.3 is 14.7 Å². The maximum atomic E-state index is 12.5. The summed E-state index contributed by atoms with van der Waals surface area (Å²) >= 11 is 3.39. The van der Waals surface area contributed by atoms with Crippen LogP contribution in [0.15, 0.2) is 18.2 Å². The zero-order valence-electron chi connectivity index (χ0n) is 11.1. The number of carbonyl (C=O) groups excluding carboxylic acids is 1. The van der Waals surface area contributed by atoms with Crippen molar-refractivity contribution in [2.24, 2.45) is 0 Å². The first-order valence-electron chi connectivity index (χ1n) is 6.31. The summed E-state index contributed by atoms with van der Waals surface area (Å²) in [6.45, 7) is 4.91. The van der Waals surface area contributed by atoms with Gasteiger partial charge in [-0.1, -0.05) is 15.9 Å². The predicted molar refractivity (Wildman–Crippen MR) is 76.9 cm³/mol.